The molecule has 3 aromatic rings. The number of amides is 1. The van der Waals surface area contributed by atoms with Crippen molar-refractivity contribution in [1.29, 1.82) is 5.26 Å². The van der Waals surface area contributed by atoms with E-state index in [2.05, 4.69) is 20.6 Å². The molecule has 0 aromatic carbocycles. The molecule has 0 aliphatic heterocycles. The maximum Gasteiger partial charge on any atom is 0.459 e. The first-order valence-corrected chi connectivity index (χ1v) is 10.0. The van der Waals surface area contributed by atoms with Gasteiger partial charge >= 0.3 is 18.3 Å². The number of aryl methyl sites for hydroxylation is 1. The molecule has 192 valence electrons. The first kappa shape index (κ1) is 25.4. The second-order valence-electron chi connectivity index (χ2n) is 7.81. The normalized spacial score (nSPS) is 15.6. The summed E-state index contributed by atoms with van der Waals surface area (Å²) >= 11 is 5.96. The fraction of sp³-hybridized carbons (Fsp3) is 0.389. The maximum absolute atomic E-state index is 13.9. The van der Waals surface area contributed by atoms with Crippen molar-refractivity contribution in [3.05, 3.63) is 40.6 Å². The highest BCUT2D eigenvalue weighted by atomic mass is 35.5. The van der Waals surface area contributed by atoms with Crippen LogP contribution in [0.5, 0.6) is 0 Å². The Balaban J connectivity index is 1.74. The Kier molecular flexibility index (Phi) is 5.59. The van der Waals surface area contributed by atoms with E-state index in [4.69, 9.17) is 16.9 Å². The predicted octanol–water partition coefficient (Wildman–Crippen LogP) is 3.90. The molecule has 0 unspecified atom stereocenters. The number of hydrogen-bond acceptors (Lipinski definition) is 5. The number of nitrogens with zero attached hydrogens (tertiary/aromatic N) is 7. The van der Waals surface area contributed by atoms with Gasteiger partial charge in [-0.05, 0) is 12.8 Å². The summed E-state index contributed by atoms with van der Waals surface area (Å²) in [5.74, 6) is -7.89. The Morgan fingerprint density at radius 2 is 1.75 bits per heavy atom. The van der Waals surface area contributed by atoms with Crippen molar-refractivity contribution < 1.29 is 39.9 Å². The van der Waals surface area contributed by atoms with Crippen LogP contribution in [-0.2, 0) is 19.1 Å². The van der Waals surface area contributed by atoms with Crippen LogP contribution in [0.3, 0.4) is 0 Å². The molecule has 3 heterocycles. The summed E-state index contributed by atoms with van der Waals surface area (Å²) < 4.78 is 109. The molecule has 1 aliphatic carbocycles. The summed E-state index contributed by atoms with van der Waals surface area (Å²) in [6.07, 6.45) is -8.36. The number of halogens is 9. The highest BCUT2D eigenvalue weighted by molar-refractivity contribution is 6.32. The van der Waals surface area contributed by atoms with Gasteiger partial charge in [-0.2, -0.15) is 55.7 Å². The molecule has 1 amide bonds. The number of nitriles is 1. The Morgan fingerprint density at radius 1 is 1.11 bits per heavy atom. The van der Waals surface area contributed by atoms with Crippen LogP contribution < -0.4 is 5.32 Å². The van der Waals surface area contributed by atoms with Gasteiger partial charge in [0.15, 0.2) is 16.7 Å². The van der Waals surface area contributed by atoms with E-state index in [-0.39, 0.29) is 21.1 Å². The Morgan fingerprint density at radius 3 is 2.28 bits per heavy atom. The van der Waals surface area contributed by atoms with E-state index in [0.29, 0.717) is 17.5 Å². The van der Waals surface area contributed by atoms with Crippen molar-refractivity contribution in [2.45, 2.75) is 36.7 Å². The summed E-state index contributed by atoms with van der Waals surface area (Å²) in [4.78, 5) is 12.4. The average molecular weight is 543 g/mol. The Labute approximate surface area is 199 Å². The van der Waals surface area contributed by atoms with Crippen molar-refractivity contribution in [2.24, 2.45) is 7.05 Å². The lowest BCUT2D eigenvalue weighted by Crippen LogP contribution is -2.36. The van der Waals surface area contributed by atoms with Crippen LogP contribution in [0.2, 0.25) is 5.15 Å². The van der Waals surface area contributed by atoms with Crippen LogP contribution in [0.4, 0.5) is 35.1 Å². The lowest BCUT2D eigenvalue weighted by Gasteiger charge is -2.19. The third kappa shape index (κ3) is 4.14. The molecule has 1 saturated carbocycles. The number of carbonyl (C=O) groups excluding carboxylic acids is 1. The van der Waals surface area contributed by atoms with E-state index < -0.39 is 46.8 Å². The minimum absolute atomic E-state index is 0.129. The summed E-state index contributed by atoms with van der Waals surface area (Å²) in [6, 6.07) is 1.94. The number of carbonyl (C=O) groups is 1. The molecule has 0 spiro atoms. The second kappa shape index (κ2) is 7.91. The van der Waals surface area contributed by atoms with Crippen molar-refractivity contribution >= 4 is 17.5 Å². The predicted molar refractivity (Wildman–Crippen MR) is 102 cm³/mol. The summed E-state index contributed by atoms with van der Waals surface area (Å²) in [5.41, 5.74) is -6.22. The van der Waals surface area contributed by atoms with Crippen LogP contribution in [0.15, 0.2) is 18.6 Å². The van der Waals surface area contributed by atoms with Crippen LogP contribution in [0, 0.1) is 11.3 Å². The van der Waals surface area contributed by atoms with Gasteiger partial charge in [0, 0.05) is 13.2 Å². The summed E-state index contributed by atoms with van der Waals surface area (Å²) in [5, 5.41) is 21.5. The van der Waals surface area contributed by atoms with Gasteiger partial charge in [-0.3, -0.25) is 4.79 Å². The minimum Gasteiger partial charge on any atom is -0.334 e. The van der Waals surface area contributed by atoms with Crippen molar-refractivity contribution in [3.8, 4) is 17.6 Å². The fourth-order valence-electron chi connectivity index (χ4n) is 3.25. The molecule has 0 radical (unpaired) electrons. The van der Waals surface area contributed by atoms with Crippen LogP contribution in [0.25, 0.3) is 11.5 Å². The van der Waals surface area contributed by atoms with Crippen molar-refractivity contribution in [3.63, 3.8) is 0 Å². The standard InChI is InChI=1S/C18H11ClF8N8O/c1-33-14(10(17(22,23)24)11(31-33)16(20,21)18(25,26)27)35-5-8(4-29-35)34-6-9(12(19)32-34)13(36)30-15(7-28)2-3-15/h4-6H,2-3H2,1H3,(H,30,36). The summed E-state index contributed by atoms with van der Waals surface area (Å²) in [7, 11) is 0.734. The first-order chi connectivity index (χ1) is 16.5. The second-order valence-corrected chi connectivity index (χ2v) is 8.17. The lowest BCUT2D eigenvalue weighted by molar-refractivity contribution is -0.292. The highest BCUT2D eigenvalue weighted by Crippen LogP contribution is 2.49. The van der Waals surface area contributed by atoms with Gasteiger partial charge in [0.25, 0.3) is 5.91 Å². The van der Waals surface area contributed by atoms with E-state index >= 15 is 0 Å². The molecule has 1 N–H and O–H groups in total. The van der Waals surface area contributed by atoms with Crippen LogP contribution in [-0.4, -0.2) is 47.0 Å². The summed E-state index contributed by atoms with van der Waals surface area (Å²) in [6.45, 7) is 0. The van der Waals surface area contributed by atoms with Gasteiger partial charge in [-0.15, -0.1) is 0 Å². The molecule has 0 atom stereocenters. The Hall–Kier alpha value is -3.68. The quantitative estimate of drug-likeness (QED) is 0.492. The molecule has 1 fully saturated rings. The number of rotatable bonds is 5. The molecule has 9 nitrogen and oxygen atoms in total. The monoisotopic (exact) mass is 542 g/mol. The van der Waals surface area contributed by atoms with Gasteiger partial charge in [0.1, 0.15) is 16.8 Å². The smallest absolute Gasteiger partial charge is 0.334 e. The zero-order valence-corrected chi connectivity index (χ0v) is 18.3. The molecule has 0 bridgehead atoms. The third-order valence-electron chi connectivity index (χ3n) is 5.23. The first-order valence-electron chi connectivity index (χ1n) is 9.64. The molecule has 4 rings (SSSR count). The van der Waals surface area contributed by atoms with Crippen LogP contribution >= 0.6 is 11.6 Å². The number of hydrogen-bond donors (Lipinski definition) is 1. The van der Waals surface area contributed by atoms with E-state index in [1.165, 1.54) is 0 Å². The fourth-order valence-corrected chi connectivity index (χ4v) is 3.47. The zero-order valence-electron chi connectivity index (χ0n) is 17.6. The zero-order chi connectivity index (χ0) is 26.8. The van der Waals surface area contributed by atoms with Gasteiger partial charge in [0.05, 0.1) is 24.0 Å². The number of aromatic nitrogens is 6. The molecule has 1 aliphatic rings. The topological polar surface area (TPSA) is 106 Å². The number of nitrogens with one attached hydrogen (secondary N) is 1. The highest BCUT2D eigenvalue weighted by Gasteiger charge is 2.64. The SMILES string of the molecule is Cn1nc(C(F)(F)C(F)(F)F)c(C(F)(F)F)c1-n1cc(-n2cc(C(=O)NC3(C#N)CC3)c(Cl)n2)cn1. The third-order valence-corrected chi connectivity index (χ3v) is 5.51. The molecule has 18 heteroatoms. The van der Waals surface area contributed by atoms with Gasteiger partial charge in [-0.1, -0.05) is 11.6 Å². The van der Waals surface area contributed by atoms with Crippen molar-refractivity contribution in [2.75, 3.05) is 0 Å². The molecule has 36 heavy (non-hydrogen) atoms. The van der Waals surface area contributed by atoms with Crippen LogP contribution in [0.1, 0.15) is 34.5 Å². The molecule has 0 saturated heterocycles. The van der Waals surface area contributed by atoms with Gasteiger partial charge in [0.2, 0.25) is 0 Å². The number of alkyl halides is 8. The molecular formula is C18H11ClF8N8O. The van der Waals surface area contributed by atoms with Gasteiger partial charge < -0.3 is 5.32 Å². The molecular weight excluding hydrogens is 532 g/mol. The Bertz CT molecular complexity index is 1390. The van der Waals surface area contributed by atoms with Crippen molar-refractivity contribution in [1.82, 2.24) is 34.7 Å². The van der Waals surface area contributed by atoms with E-state index in [1.807, 2.05) is 6.07 Å². The largest absolute Gasteiger partial charge is 0.459 e. The lowest BCUT2D eigenvalue weighted by atomic mass is 10.1. The maximum atomic E-state index is 13.9. The average Bonchev–Trinajstić information content (AvgIpc) is 3.08. The van der Waals surface area contributed by atoms with E-state index in [0.717, 1.165) is 30.3 Å². The van der Waals surface area contributed by atoms with E-state index in [9.17, 15) is 39.9 Å². The van der Waals surface area contributed by atoms with Gasteiger partial charge in [-0.25, -0.2) is 14.0 Å². The van der Waals surface area contributed by atoms with E-state index in [1.54, 1.807) is 0 Å². The molecule has 3 aromatic heterocycles. The minimum atomic E-state index is -6.35.